The highest BCUT2D eigenvalue weighted by Gasteiger charge is 2.09. The zero-order chi connectivity index (χ0) is 9.14. The van der Waals surface area contributed by atoms with Crippen LogP contribution in [0.2, 0.25) is 0 Å². The Morgan fingerprint density at radius 1 is 1.58 bits per heavy atom. The average molecular weight is 183 g/mol. The van der Waals surface area contributed by atoms with E-state index >= 15 is 0 Å². The van der Waals surface area contributed by atoms with E-state index in [0.717, 1.165) is 11.4 Å². The number of nitrogens with two attached hydrogens (primary N) is 1. The Labute approximate surface area is 76.8 Å². The second kappa shape index (κ2) is 3.76. The van der Waals surface area contributed by atoms with Gasteiger partial charge in [0.2, 0.25) is 0 Å². The number of anilines is 1. The molecule has 0 aliphatic carbocycles. The number of nitrogens with zero attached hydrogens (tertiary/aromatic N) is 2. The van der Waals surface area contributed by atoms with Gasteiger partial charge in [0, 0.05) is 5.25 Å². The summed E-state index contributed by atoms with van der Waals surface area (Å²) in [5.41, 5.74) is 7.44. The molecular weight excluding hydrogens is 170 g/mol. The van der Waals surface area contributed by atoms with E-state index in [2.05, 4.69) is 23.1 Å². The van der Waals surface area contributed by atoms with Crippen molar-refractivity contribution in [1.29, 1.82) is 0 Å². The topological polar surface area (TPSA) is 51.8 Å². The molecule has 1 rings (SSSR count). The minimum Gasteiger partial charge on any atom is -0.382 e. The molecule has 2 N–H and O–H groups in total. The second-order valence-corrected chi connectivity index (χ2v) is 3.82. The smallest absolute Gasteiger partial charge is 0.142 e. The van der Waals surface area contributed by atoms with E-state index < -0.39 is 0 Å². The van der Waals surface area contributed by atoms with Crippen molar-refractivity contribution in [3.8, 4) is 0 Å². The summed E-state index contributed by atoms with van der Waals surface area (Å²) in [5, 5.41) is 0.387. The summed E-state index contributed by atoms with van der Waals surface area (Å²) in [6.45, 7) is 4.04. The van der Waals surface area contributed by atoms with Gasteiger partial charge in [-0.15, -0.1) is 0 Å². The molecule has 0 saturated carbocycles. The number of hydrogen-bond acceptors (Lipinski definition) is 4. The van der Waals surface area contributed by atoms with Crippen LogP contribution in [-0.4, -0.2) is 16.2 Å². The van der Waals surface area contributed by atoms with Gasteiger partial charge in [0.25, 0.3) is 0 Å². The highest BCUT2D eigenvalue weighted by molar-refractivity contribution is 7.98. The number of thioether (sulfide) groups is 1. The number of aromatic nitrogens is 2. The molecule has 1 heterocycles. The van der Waals surface area contributed by atoms with E-state index in [1.54, 1.807) is 18.0 Å². The fourth-order valence-corrected chi connectivity index (χ4v) is 1.47. The van der Waals surface area contributed by atoms with Crippen molar-refractivity contribution in [2.45, 2.75) is 19.1 Å². The Kier molecular flexibility index (Phi) is 2.92. The van der Waals surface area contributed by atoms with Crippen LogP contribution in [0.25, 0.3) is 0 Å². The summed E-state index contributed by atoms with van der Waals surface area (Å²) >= 11 is 1.75. The van der Waals surface area contributed by atoms with Gasteiger partial charge >= 0.3 is 0 Å². The standard InChI is InChI=1S/C8H13N3S/c1-5-8(6(2)12-3)10-4-7(9)11-5/h4,6H,1-3H3,(H2,9,11). The Bertz CT molecular complexity index is 275. The van der Waals surface area contributed by atoms with E-state index in [0.29, 0.717) is 11.1 Å². The number of aryl methyl sites for hydroxylation is 1. The Morgan fingerprint density at radius 3 is 2.75 bits per heavy atom. The van der Waals surface area contributed by atoms with Crippen molar-refractivity contribution < 1.29 is 0 Å². The first kappa shape index (κ1) is 9.32. The zero-order valence-electron chi connectivity index (χ0n) is 7.53. The van der Waals surface area contributed by atoms with Crippen LogP contribution in [0.4, 0.5) is 5.82 Å². The lowest BCUT2D eigenvalue weighted by Gasteiger charge is -2.09. The lowest BCUT2D eigenvalue weighted by Crippen LogP contribution is -2.02. The van der Waals surface area contributed by atoms with Gasteiger partial charge in [-0.2, -0.15) is 11.8 Å². The molecule has 0 spiro atoms. The average Bonchev–Trinajstić information content (AvgIpc) is 2.03. The normalized spacial score (nSPS) is 12.9. The Balaban J connectivity index is 3.01. The van der Waals surface area contributed by atoms with Crippen molar-refractivity contribution in [2.75, 3.05) is 12.0 Å². The molecule has 0 saturated heterocycles. The quantitative estimate of drug-likeness (QED) is 0.759. The molecule has 0 radical (unpaired) electrons. The molecule has 1 atom stereocenters. The fourth-order valence-electron chi connectivity index (χ4n) is 1.02. The number of hydrogen-bond donors (Lipinski definition) is 1. The van der Waals surface area contributed by atoms with Crippen LogP contribution in [0.3, 0.4) is 0 Å². The van der Waals surface area contributed by atoms with Gasteiger partial charge in [-0.3, -0.25) is 4.98 Å². The monoisotopic (exact) mass is 183 g/mol. The molecule has 0 aliphatic heterocycles. The van der Waals surface area contributed by atoms with E-state index in [9.17, 15) is 0 Å². The minimum absolute atomic E-state index is 0.387. The van der Waals surface area contributed by atoms with Gasteiger partial charge < -0.3 is 5.73 Å². The molecule has 3 nitrogen and oxygen atoms in total. The van der Waals surface area contributed by atoms with E-state index in [1.807, 2.05) is 6.92 Å². The molecular formula is C8H13N3S. The van der Waals surface area contributed by atoms with Gasteiger partial charge in [0.15, 0.2) is 0 Å². The molecule has 1 unspecified atom stereocenters. The Morgan fingerprint density at radius 2 is 2.25 bits per heavy atom. The van der Waals surface area contributed by atoms with Gasteiger partial charge in [0.05, 0.1) is 17.6 Å². The first-order valence-corrected chi connectivity index (χ1v) is 5.05. The fraction of sp³-hybridized carbons (Fsp3) is 0.500. The summed E-state index contributed by atoms with van der Waals surface area (Å²) in [6, 6.07) is 0. The van der Waals surface area contributed by atoms with Crippen LogP contribution in [0.15, 0.2) is 6.20 Å². The van der Waals surface area contributed by atoms with Crippen LogP contribution in [0.1, 0.15) is 23.6 Å². The first-order valence-electron chi connectivity index (χ1n) is 3.77. The molecule has 0 fully saturated rings. The molecule has 0 amide bonds. The molecule has 4 heteroatoms. The maximum Gasteiger partial charge on any atom is 0.142 e. The second-order valence-electron chi connectivity index (χ2n) is 2.64. The maximum atomic E-state index is 5.49. The van der Waals surface area contributed by atoms with Crippen LogP contribution >= 0.6 is 11.8 Å². The maximum absolute atomic E-state index is 5.49. The number of rotatable bonds is 2. The highest BCUT2D eigenvalue weighted by atomic mass is 32.2. The predicted octanol–water partition coefficient (Wildman–Crippen LogP) is 1.79. The van der Waals surface area contributed by atoms with Crippen molar-refractivity contribution in [3.05, 3.63) is 17.6 Å². The molecule has 0 bridgehead atoms. The first-order chi connectivity index (χ1) is 5.65. The van der Waals surface area contributed by atoms with Crippen molar-refractivity contribution in [3.63, 3.8) is 0 Å². The van der Waals surface area contributed by atoms with Crippen molar-refractivity contribution in [2.24, 2.45) is 0 Å². The third-order valence-corrected chi connectivity index (χ3v) is 2.67. The van der Waals surface area contributed by atoms with Gasteiger partial charge in [-0.05, 0) is 20.1 Å². The predicted molar refractivity (Wildman–Crippen MR) is 53.1 cm³/mol. The van der Waals surface area contributed by atoms with Crippen LogP contribution in [-0.2, 0) is 0 Å². The van der Waals surface area contributed by atoms with E-state index in [1.165, 1.54) is 0 Å². The third-order valence-electron chi connectivity index (χ3n) is 1.74. The van der Waals surface area contributed by atoms with E-state index in [4.69, 9.17) is 5.73 Å². The number of nitrogen functional groups attached to an aromatic ring is 1. The van der Waals surface area contributed by atoms with Crippen LogP contribution < -0.4 is 5.73 Å². The SMILES string of the molecule is CSC(C)c1ncc(N)nc1C. The van der Waals surface area contributed by atoms with Gasteiger partial charge in [-0.25, -0.2) is 4.98 Å². The zero-order valence-corrected chi connectivity index (χ0v) is 8.35. The molecule has 12 heavy (non-hydrogen) atoms. The Hall–Kier alpha value is -0.770. The molecule has 1 aromatic rings. The molecule has 66 valence electrons. The molecule has 0 aliphatic rings. The summed E-state index contributed by atoms with van der Waals surface area (Å²) < 4.78 is 0. The summed E-state index contributed by atoms with van der Waals surface area (Å²) in [5.74, 6) is 0.490. The largest absolute Gasteiger partial charge is 0.382 e. The lowest BCUT2D eigenvalue weighted by molar-refractivity contribution is 0.946. The molecule has 1 aromatic heterocycles. The van der Waals surface area contributed by atoms with Crippen LogP contribution in [0, 0.1) is 6.92 Å². The lowest BCUT2D eigenvalue weighted by atomic mass is 10.2. The molecule has 0 aromatic carbocycles. The van der Waals surface area contributed by atoms with Crippen LogP contribution in [0.5, 0.6) is 0 Å². The van der Waals surface area contributed by atoms with Crippen molar-refractivity contribution in [1.82, 2.24) is 9.97 Å². The summed E-state index contributed by atoms with van der Waals surface area (Å²) in [7, 11) is 0. The minimum atomic E-state index is 0.387. The van der Waals surface area contributed by atoms with Crippen molar-refractivity contribution >= 4 is 17.6 Å². The highest BCUT2D eigenvalue weighted by Crippen LogP contribution is 2.25. The summed E-state index contributed by atoms with van der Waals surface area (Å²) in [6.07, 6.45) is 3.66. The summed E-state index contributed by atoms with van der Waals surface area (Å²) in [4.78, 5) is 8.38. The van der Waals surface area contributed by atoms with E-state index in [-0.39, 0.29) is 0 Å². The third kappa shape index (κ3) is 1.88. The van der Waals surface area contributed by atoms with Gasteiger partial charge in [0.1, 0.15) is 5.82 Å². The van der Waals surface area contributed by atoms with Gasteiger partial charge in [-0.1, -0.05) is 0 Å².